The van der Waals surface area contributed by atoms with Crippen molar-refractivity contribution in [3.63, 3.8) is 0 Å². The lowest BCUT2D eigenvalue weighted by Crippen LogP contribution is -2.28. The van der Waals surface area contributed by atoms with E-state index >= 15 is 0 Å². The van der Waals surface area contributed by atoms with Gasteiger partial charge in [0.05, 0.1) is 0 Å². The molecule has 0 spiro atoms. The Kier molecular flexibility index (Phi) is 3.91. The van der Waals surface area contributed by atoms with E-state index in [1.807, 2.05) is 0 Å². The van der Waals surface area contributed by atoms with Crippen molar-refractivity contribution < 1.29 is 4.74 Å². The second kappa shape index (κ2) is 5.65. The minimum atomic E-state index is 0.150. The third kappa shape index (κ3) is 2.71. The van der Waals surface area contributed by atoms with Gasteiger partial charge in [0.25, 0.3) is 0 Å². The molecule has 0 radical (unpaired) electrons. The molecule has 1 aromatic heterocycles. The Hall–Kier alpha value is -0.840. The van der Waals surface area contributed by atoms with E-state index in [1.54, 1.807) is 11.3 Å². The van der Waals surface area contributed by atoms with Crippen LogP contribution in [0.25, 0.3) is 0 Å². The van der Waals surface area contributed by atoms with Crippen molar-refractivity contribution in [2.75, 3.05) is 6.54 Å². The van der Waals surface area contributed by atoms with E-state index < -0.39 is 0 Å². The molecule has 2 atom stereocenters. The molecule has 0 bridgehead atoms. The van der Waals surface area contributed by atoms with Crippen LogP contribution in [0.5, 0.6) is 5.75 Å². The zero-order valence-corrected chi connectivity index (χ0v) is 13.1. The molecule has 0 fully saturated rings. The number of rotatable bonds is 3. The third-order valence-electron chi connectivity index (χ3n) is 3.44. The highest BCUT2D eigenvalue weighted by Gasteiger charge is 2.29. The van der Waals surface area contributed by atoms with Crippen molar-refractivity contribution in [1.29, 1.82) is 0 Å². The molecular weight excluding hydrogens is 322 g/mol. The normalized spacial score (nSPS) is 21.8. The maximum Gasteiger partial charge on any atom is 0.126 e. The van der Waals surface area contributed by atoms with Crippen molar-refractivity contribution in [2.24, 2.45) is 0 Å². The number of thiophene rings is 1. The largest absolute Gasteiger partial charge is 0.485 e. The Morgan fingerprint density at radius 3 is 3.05 bits per heavy atom. The molecule has 1 aliphatic heterocycles. The van der Waals surface area contributed by atoms with E-state index in [9.17, 15) is 0 Å². The lowest BCUT2D eigenvalue weighted by Gasteiger charge is -2.32. The third-order valence-corrected chi connectivity index (χ3v) is 4.63. The summed E-state index contributed by atoms with van der Waals surface area (Å²) in [5, 5.41) is 7.85. The first-order valence-corrected chi connectivity index (χ1v) is 8.23. The van der Waals surface area contributed by atoms with Crippen LogP contribution in [0, 0.1) is 0 Å². The zero-order valence-electron chi connectivity index (χ0n) is 10.7. The van der Waals surface area contributed by atoms with Crippen molar-refractivity contribution >= 4 is 27.3 Å². The van der Waals surface area contributed by atoms with Crippen LogP contribution in [0.4, 0.5) is 0 Å². The summed E-state index contributed by atoms with van der Waals surface area (Å²) in [6, 6.07) is 8.82. The van der Waals surface area contributed by atoms with E-state index in [4.69, 9.17) is 4.74 Å². The molecule has 19 heavy (non-hydrogen) atoms. The molecule has 2 aromatic rings. The average Bonchev–Trinajstić information content (AvgIpc) is 2.92. The van der Waals surface area contributed by atoms with Crippen molar-refractivity contribution in [2.45, 2.75) is 25.5 Å². The van der Waals surface area contributed by atoms with E-state index in [1.165, 1.54) is 11.1 Å². The molecule has 2 heterocycles. The van der Waals surface area contributed by atoms with Gasteiger partial charge in [0.1, 0.15) is 11.9 Å². The smallest absolute Gasteiger partial charge is 0.126 e. The fraction of sp³-hybridized carbons (Fsp3) is 0.333. The molecule has 4 heteroatoms. The highest BCUT2D eigenvalue weighted by Crippen LogP contribution is 2.42. The Morgan fingerprint density at radius 2 is 2.32 bits per heavy atom. The number of halogens is 1. The first-order valence-electron chi connectivity index (χ1n) is 6.49. The quantitative estimate of drug-likeness (QED) is 0.877. The highest BCUT2D eigenvalue weighted by atomic mass is 79.9. The average molecular weight is 338 g/mol. The molecule has 2 nitrogen and oxygen atoms in total. The van der Waals surface area contributed by atoms with Crippen LogP contribution < -0.4 is 10.1 Å². The number of nitrogens with one attached hydrogen (secondary N) is 1. The van der Waals surface area contributed by atoms with E-state index in [0.29, 0.717) is 6.04 Å². The SMILES string of the molecule is CCNC1CC(c2ccsc2)Oc2cc(Br)ccc21. The molecule has 1 aromatic carbocycles. The summed E-state index contributed by atoms with van der Waals surface area (Å²) >= 11 is 5.24. The highest BCUT2D eigenvalue weighted by molar-refractivity contribution is 9.10. The molecule has 0 saturated carbocycles. The predicted octanol–water partition coefficient (Wildman–Crippen LogP) is 4.69. The number of hydrogen-bond donors (Lipinski definition) is 1. The fourth-order valence-corrected chi connectivity index (χ4v) is 3.58. The van der Waals surface area contributed by atoms with Gasteiger partial charge in [-0.2, -0.15) is 11.3 Å². The summed E-state index contributed by atoms with van der Waals surface area (Å²) in [5.74, 6) is 0.989. The maximum atomic E-state index is 6.17. The van der Waals surface area contributed by atoms with Gasteiger partial charge >= 0.3 is 0 Å². The summed E-state index contributed by atoms with van der Waals surface area (Å²) in [6.45, 7) is 3.12. The monoisotopic (exact) mass is 337 g/mol. The molecule has 0 saturated heterocycles. The minimum absolute atomic E-state index is 0.150. The molecule has 3 rings (SSSR count). The van der Waals surface area contributed by atoms with Crippen LogP contribution in [0.15, 0.2) is 39.5 Å². The van der Waals surface area contributed by atoms with Gasteiger partial charge in [0.2, 0.25) is 0 Å². The van der Waals surface area contributed by atoms with E-state index in [0.717, 1.165) is 23.2 Å². The van der Waals surface area contributed by atoms with Crippen molar-refractivity contribution in [3.05, 3.63) is 50.6 Å². The van der Waals surface area contributed by atoms with Crippen LogP contribution in [-0.2, 0) is 0 Å². The molecular formula is C15H16BrNOS. The predicted molar refractivity (Wildman–Crippen MR) is 82.9 cm³/mol. The Balaban J connectivity index is 1.95. The van der Waals surface area contributed by atoms with Gasteiger partial charge in [-0.1, -0.05) is 28.9 Å². The second-order valence-corrected chi connectivity index (χ2v) is 6.39. The lowest BCUT2D eigenvalue weighted by atomic mass is 9.94. The van der Waals surface area contributed by atoms with Crippen LogP contribution >= 0.6 is 27.3 Å². The summed E-state index contributed by atoms with van der Waals surface area (Å²) in [5.41, 5.74) is 2.54. The number of hydrogen-bond acceptors (Lipinski definition) is 3. The molecule has 0 aliphatic carbocycles. The summed E-state index contributed by atoms with van der Waals surface area (Å²) in [6.07, 6.45) is 1.14. The number of ether oxygens (including phenoxy) is 1. The van der Waals surface area contributed by atoms with Crippen molar-refractivity contribution in [3.8, 4) is 5.75 Å². The number of fused-ring (bicyclic) bond motifs is 1. The summed E-state index contributed by atoms with van der Waals surface area (Å²) in [7, 11) is 0. The van der Waals surface area contributed by atoms with E-state index in [2.05, 4.69) is 63.2 Å². The number of benzene rings is 1. The van der Waals surface area contributed by atoms with Crippen LogP contribution in [0.3, 0.4) is 0 Å². The topological polar surface area (TPSA) is 21.3 Å². The Bertz CT molecular complexity index is 555. The van der Waals surface area contributed by atoms with Crippen LogP contribution in [0.1, 0.15) is 36.6 Å². The van der Waals surface area contributed by atoms with Gasteiger partial charge in [-0.25, -0.2) is 0 Å². The van der Waals surface area contributed by atoms with Gasteiger partial charge in [-0.15, -0.1) is 0 Å². The summed E-state index contributed by atoms with van der Waals surface area (Å²) in [4.78, 5) is 0. The Morgan fingerprint density at radius 1 is 1.42 bits per heavy atom. The summed E-state index contributed by atoms with van der Waals surface area (Å²) < 4.78 is 7.23. The molecule has 1 aliphatic rings. The Labute approximate surface area is 125 Å². The van der Waals surface area contributed by atoms with Crippen LogP contribution in [-0.4, -0.2) is 6.54 Å². The van der Waals surface area contributed by atoms with Crippen LogP contribution in [0.2, 0.25) is 0 Å². The standard InChI is InChI=1S/C15H16BrNOS/c1-2-17-13-8-14(10-5-6-19-9-10)18-15-7-11(16)3-4-12(13)15/h3-7,9,13-14,17H,2,8H2,1H3. The van der Waals surface area contributed by atoms with Gasteiger partial charge in [-0.05, 0) is 35.5 Å². The van der Waals surface area contributed by atoms with Gasteiger partial charge in [0.15, 0.2) is 0 Å². The first-order chi connectivity index (χ1) is 9.28. The van der Waals surface area contributed by atoms with Crippen molar-refractivity contribution in [1.82, 2.24) is 5.32 Å². The zero-order chi connectivity index (χ0) is 13.2. The minimum Gasteiger partial charge on any atom is -0.485 e. The van der Waals surface area contributed by atoms with E-state index in [-0.39, 0.29) is 6.10 Å². The second-order valence-electron chi connectivity index (χ2n) is 4.69. The first kappa shape index (κ1) is 13.2. The fourth-order valence-electron chi connectivity index (χ4n) is 2.54. The van der Waals surface area contributed by atoms with Gasteiger partial charge < -0.3 is 10.1 Å². The molecule has 0 amide bonds. The molecule has 2 unspecified atom stereocenters. The molecule has 1 N–H and O–H groups in total. The van der Waals surface area contributed by atoms with Gasteiger partial charge in [-0.3, -0.25) is 0 Å². The van der Waals surface area contributed by atoms with Gasteiger partial charge in [0, 0.05) is 28.1 Å². The maximum absolute atomic E-state index is 6.17. The lowest BCUT2D eigenvalue weighted by molar-refractivity contribution is 0.152. The molecule has 100 valence electrons.